The summed E-state index contributed by atoms with van der Waals surface area (Å²) in [6.07, 6.45) is 4.97. The fraction of sp³-hybridized carbons (Fsp3) is 0.0909. The largest absolute Gasteiger partial charge is 0.311 e. The van der Waals surface area contributed by atoms with Gasteiger partial charge in [0.05, 0.1) is 0 Å². The van der Waals surface area contributed by atoms with Gasteiger partial charge in [-0.2, -0.15) is 0 Å². The van der Waals surface area contributed by atoms with Gasteiger partial charge in [-0.05, 0) is 18.2 Å². The normalized spacial score (nSPS) is 9.81. The van der Waals surface area contributed by atoms with Crippen molar-refractivity contribution in [1.29, 1.82) is 0 Å². The van der Waals surface area contributed by atoms with Gasteiger partial charge in [-0.3, -0.25) is 4.79 Å². The number of rotatable bonds is 2. The van der Waals surface area contributed by atoms with Crippen molar-refractivity contribution in [3.63, 3.8) is 0 Å². The van der Waals surface area contributed by atoms with Crippen molar-refractivity contribution in [3.8, 4) is 11.4 Å². The second kappa shape index (κ2) is 4.48. The summed E-state index contributed by atoms with van der Waals surface area (Å²) in [6.45, 7) is 1.44. The standard InChI is InChI=1S/C11H10N4O/c1-8(16)15-10-4-3-9(7-14-10)11-12-5-2-6-13-11/h2-7H,1H3,(H,14,15,16). The first kappa shape index (κ1) is 10.2. The molecule has 0 unspecified atom stereocenters. The van der Waals surface area contributed by atoms with E-state index in [1.807, 2.05) is 6.07 Å². The summed E-state index contributed by atoms with van der Waals surface area (Å²) in [7, 11) is 0. The van der Waals surface area contributed by atoms with E-state index in [0.29, 0.717) is 11.6 Å². The van der Waals surface area contributed by atoms with Crippen molar-refractivity contribution in [2.24, 2.45) is 0 Å². The van der Waals surface area contributed by atoms with Gasteiger partial charge in [0.15, 0.2) is 5.82 Å². The maximum atomic E-state index is 10.8. The molecule has 2 heterocycles. The van der Waals surface area contributed by atoms with Crippen molar-refractivity contribution >= 4 is 11.7 Å². The minimum absolute atomic E-state index is 0.142. The highest BCUT2D eigenvalue weighted by Gasteiger charge is 2.01. The van der Waals surface area contributed by atoms with Crippen LogP contribution in [0.2, 0.25) is 0 Å². The Morgan fingerprint density at radius 2 is 1.94 bits per heavy atom. The van der Waals surface area contributed by atoms with Gasteiger partial charge in [-0.15, -0.1) is 0 Å². The SMILES string of the molecule is CC(=O)Nc1ccc(-c2ncccn2)cn1. The lowest BCUT2D eigenvalue weighted by atomic mass is 10.2. The minimum Gasteiger partial charge on any atom is -0.311 e. The molecule has 0 spiro atoms. The predicted octanol–water partition coefficient (Wildman–Crippen LogP) is 1.50. The first-order valence-corrected chi connectivity index (χ1v) is 4.77. The lowest BCUT2D eigenvalue weighted by Crippen LogP contribution is -2.07. The Kier molecular flexibility index (Phi) is 2.86. The molecule has 1 amide bonds. The summed E-state index contributed by atoms with van der Waals surface area (Å²) in [5, 5.41) is 2.59. The Hall–Kier alpha value is -2.30. The molecule has 80 valence electrons. The number of hydrogen-bond donors (Lipinski definition) is 1. The van der Waals surface area contributed by atoms with Crippen LogP contribution in [0.3, 0.4) is 0 Å². The highest BCUT2D eigenvalue weighted by atomic mass is 16.1. The van der Waals surface area contributed by atoms with Crippen LogP contribution in [0, 0.1) is 0 Å². The van der Waals surface area contributed by atoms with E-state index in [2.05, 4.69) is 20.3 Å². The summed E-state index contributed by atoms with van der Waals surface area (Å²) in [4.78, 5) is 23.1. The van der Waals surface area contributed by atoms with Crippen LogP contribution in [0.5, 0.6) is 0 Å². The van der Waals surface area contributed by atoms with Gasteiger partial charge in [0.25, 0.3) is 0 Å². The highest BCUT2D eigenvalue weighted by molar-refractivity contribution is 5.87. The molecule has 0 radical (unpaired) electrons. The van der Waals surface area contributed by atoms with Crippen LogP contribution in [0.25, 0.3) is 11.4 Å². The number of aromatic nitrogens is 3. The van der Waals surface area contributed by atoms with Gasteiger partial charge >= 0.3 is 0 Å². The van der Waals surface area contributed by atoms with E-state index in [-0.39, 0.29) is 5.91 Å². The van der Waals surface area contributed by atoms with Crippen LogP contribution >= 0.6 is 0 Å². The molecule has 0 saturated heterocycles. The van der Waals surface area contributed by atoms with Gasteiger partial charge in [0, 0.05) is 31.1 Å². The Bertz CT molecular complexity index is 481. The Morgan fingerprint density at radius 3 is 2.50 bits per heavy atom. The van der Waals surface area contributed by atoms with Crippen LogP contribution < -0.4 is 5.32 Å². The molecule has 0 fully saturated rings. The molecule has 2 rings (SSSR count). The highest BCUT2D eigenvalue weighted by Crippen LogP contribution is 2.14. The number of anilines is 1. The van der Waals surface area contributed by atoms with Crippen LogP contribution in [0.1, 0.15) is 6.92 Å². The molecule has 0 aromatic carbocycles. The van der Waals surface area contributed by atoms with Crippen molar-refractivity contribution in [2.75, 3.05) is 5.32 Å². The molecule has 2 aromatic rings. The summed E-state index contributed by atoms with van der Waals surface area (Å²) in [6, 6.07) is 5.28. The zero-order valence-corrected chi connectivity index (χ0v) is 8.71. The van der Waals surface area contributed by atoms with Crippen molar-refractivity contribution < 1.29 is 4.79 Å². The molecule has 16 heavy (non-hydrogen) atoms. The molecule has 5 heteroatoms. The van der Waals surface area contributed by atoms with Gasteiger partial charge in [-0.25, -0.2) is 15.0 Å². The van der Waals surface area contributed by atoms with Gasteiger partial charge in [0.1, 0.15) is 5.82 Å². The third-order valence-electron chi connectivity index (χ3n) is 1.89. The molecular weight excluding hydrogens is 204 g/mol. The van der Waals surface area contributed by atoms with Gasteiger partial charge in [0.2, 0.25) is 5.91 Å². The van der Waals surface area contributed by atoms with Crippen molar-refractivity contribution in [1.82, 2.24) is 15.0 Å². The molecule has 0 saturated carbocycles. The van der Waals surface area contributed by atoms with Crippen molar-refractivity contribution in [3.05, 3.63) is 36.8 Å². The number of amides is 1. The Balaban J connectivity index is 2.23. The monoisotopic (exact) mass is 214 g/mol. The van der Waals surface area contributed by atoms with E-state index < -0.39 is 0 Å². The molecule has 0 bridgehead atoms. The lowest BCUT2D eigenvalue weighted by Gasteiger charge is -2.02. The second-order valence-corrected chi connectivity index (χ2v) is 3.19. The number of nitrogens with one attached hydrogen (secondary N) is 1. The molecule has 2 aromatic heterocycles. The number of nitrogens with zero attached hydrogens (tertiary/aromatic N) is 3. The topological polar surface area (TPSA) is 67.8 Å². The maximum absolute atomic E-state index is 10.8. The number of carbonyl (C=O) groups is 1. The molecule has 0 aliphatic carbocycles. The maximum Gasteiger partial charge on any atom is 0.222 e. The number of carbonyl (C=O) groups excluding carboxylic acids is 1. The van der Waals surface area contributed by atoms with E-state index >= 15 is 0 Å². The molecule has 5 nitrogen and oxygen atoms in total. The zero-order chi connectivity index (χ0) is 11.4. The predicted molar refractivity (Wildman–Crippen MR) is 59.6 cm³/mol. The molecular formula is C11H10N4O. The Labute approximate surface area is 92.6 Å². The van der Waals surface area contributed by atoms with E-state index in [9.17, 15) is 4.79 Å². The van der Waals surface area contributed by atoms with E-state index in [4.69, 9.17) is 0 Å². The average Bonchev–Trinajstić information content (AvgIpc) is 2.30. The second-order valence-electron chi connectivity index (χ2n) is 3.19. The third-order valence-corrected chi connectivity index (χ3v) is 1.89. The van der Waals surface area contributed by atoms with E-state index in [0.717, 1.165) is 5.56 Å². The summed E-state index contributed by atoms with van der Waals surface area (Å²) in [5.74, 6) is 0.993. The quantitative estimate of drug-likeness (QED) is 0.822. The Morgan fingerprint density at radius 1 is 1.19 bits per heavy atom. The molecule has 0 aliphatic rings. The lowest BCUT2D eigenvalue weighted by molar-refractivity contribution is -0.114. The number of pyridine rings is 1. The summed E-state index contributed by atoms with van der Waals surface area (Å²) >= 11 is 0. The molecule has 0 atom stereocenters. The number of hydrogen-bond acceptors (Lipinski definition) is 4. The first-order valence-electron chi connectivity index (χ1n) is 4.77. The fourth-order valence-corrected chi connectivity index (χ4v) is 1.23. The van der Waals surface area contributed by atoms with E-state index in [1.54, 1.807) is 30.7 Å². The first-order chi connectivity index (χ1) is 7.75. The fourth-order valence-electron chi connectivity index (χ4n) is 1.23. The zero-order valence-electron chi connectivity index (χ0n) is 8.71. The third kappa shape index (κ3) is 2.38. The van der Waals surface area contributed by atoms with E-state index in [1.165, 1.54) is 6.92 Å². The van der Waals surface area contributed by atoms with Crippen LogP contribution in [-0.2, 0) is 4.79 Å². The van der Waals surface area contributed by atoms with Gasteiger partial charge < -0.3 is 5.32 Å². The smallest absolute Gasteiger partial charge is 0.222 e. The minimum atomic E-state index is -0.142. The molecule has 1 N–H and O–H groups in total. The summed E-state index contributed by atoms with van der Waals surface area (Å²) < 4.78 is 0. The van der Waals surface area contributed by atoms with Crippen LogP contribution in [0.15, 0.2) is 36.8 Å². The van der Waals surface area contributed by atoms with Crippen LogP contribution in [0.4, 0.5) is 5.82 Å². The van der Waals surface area contributed by atoms with Gasteiger partial charge in [-0.1, -0.05) is 0 Å². The summed E-state index contributed by atoms with van der Waals surface area (Å²) in [5.41, 5.74) is 0.815. The van der Waals surface area contributed by atoms with Crippen molar-refractivity contribution in [2.45, 2.75) is 6.92 Å². The average molecular weight is 214 g/mol. The molecule has 0 aliphatic heterocycles. The van der Waals surface area contributed by atoms with Crippen LogP contribution in [-0.4, -0.2) is 20.9 Å².